The minimum absolute atomic E-state index is 0.266. The second-order valence-corrected chi connectivity index (χ2v) is 8.08. The van der Waals surface area contributed by atoms with Crippen LogP contribution in [-0.2, 0) is 9.53 Å². The van der Waals surface area contributed by atoms with E-state index in [1.54, 1.807) is 30.7 Å². The number of thioether (sulfide) groups is 1. The first kappa shape index (κ1) is 22.5. The molecule has 4 aromatic rings. The Morgan fingerprint density at radius 3 is 2.45 bits per heavy atom. The number of halogens is 1. The molecule has 6 nitrogen and oxygen atoms in total. The minimum Gasteiger partial charge on any atom is -0.497 e. The summed E-state index contributed by atoms with van der Waals surface area (Å²) in [4.78, 5) is 12.8. The lowest BCUT2D eigenvalue weighted by atomic mass is 10.1. The fourth-order valence-electron chi connectivity index (χ4n) is 3.33. The molecule has 1 unspecified atom stereocenters. The highest BCUT2D eigenvalue weighted by Gasteiger charge is 2.27. The number of carbonyl (C=O) groups is 1. The molecule has 4 rings (SSSR count). The Hall–Kier alpha value is -3.65. The molecule has 0 saturated carbocycles. The highest BCUT2D eigenvalue weighted by Crippen LogP contribution is 2.38. The predicted molar refractivity (Wildman–Crippen MR) is 125 cm³/mol. The smallest absolute Gasteiger partial charge is 0.324 e. The van der Waals surface area contributed by atoms with Gasteiger partial charge < -0.3 is 9.47 Å². The molecular formula is C25H22FN3O3S. The summed E-state index contributed by atoms with van der Waals surface area (Å²) in [5.41, 5.74) is 2.10. The molecule has 0 aliphatic rings. The molecule has 0 radical (unpaired) electrons. The van der Waals surface area contributed by atoms with Crippen molar-refractivity contribution < 1.29 is 18.7 Å². The van der Waals surface area contributed by atoms with E-state index in [0.29, 0.717) is 22.3 Å². The lowest BCUT2D eigenvalue weighted by Gasteiger charge is -2.17. The van der Waals surface area contributed by atoms with Crippen molar-refractivity contribution in [2.45, 2.75) is 17.3 Å². The molecule has 0 bridgehead atoms. The Labute approximate surface area is 195 Å². The van der Waals surface area contributed by atoms with Crippen LogP contribution >= 0.6 is 11.8 Å². The summed E-state index contributed by atoms with van der Waals surface area (Å²) < 4.78 is 26.4. The number of nitrogens with zero attached hydrogens (tertiary/aromatic N) is 3. The number of aromatic nitrogens is 3. The third-order valence-corrected chi connectivity index (χ3v) is 6.05. The molecule has 0 spiro atoms. The van der Waals surface area contributed by atoms with Crippen LogP contribution in [0, 0.1) is 5.82 Å². The van der Waals surface area contributed by atoms with Crippen LogP contribution in [0.1, 0.15) is 17.7 Å². The van der Waals surface area contributed by atoms with Crippen LogP contribution in [0.5, 0.6) is 5.75 Å². The van der Waals surface area contributed by atoms with Crippen molar-refractivity contribution >= 4 is 17.7 Å². The second-order valence-electron chi connectivity index (χ2n) is 7.01. The van der Waals surface area contributed by atoms with Crippen LogP contribution in [0.3, 0.4) is 0 Å². The Kier molecular flexibility index (Phi) is 7.04. The van der Waals surface area contributed by atoms with E-state index in [1.807, 2.05) is 54.6 Å². The predicted octanol–water partition coefficient (Wildman–Crippen LogP) is 5.48. The number of esters is 1. The Morgan fingerprint density at radius 1 is 1.03 bits per heavy atom. The maximum atomic E-state index is 14.0. The van der Waals surface area contributed by atoms with Gasteiger partial charge in [-0.15, -0.1) is 10.2 Å². The van der Waals surface area contributed by atoms with E-state index in [2.05, 4.69) is 10.2 Å². The summed E-state index contributed by atoms with van der Waals surface area (Å²) in [6, 6.07) is 22.9. The normalized spacial score (nSPS) is 11.7. The lowest BCUT2D eigenvalue weighted by Crippen LogP contribution is -2.14. The summed E-state index contributed by atoms with van der Waals surface area (Å²) in [5.74, 6) is 0.407. The monoisotopic (exact) mass is 463 g/mol. The SMILES string of the molecule is CCOC(=O)C(Sc1nnc(-c2cccc(F)c2)n1-c1ccc(OC)cc1)c1ccccc1. The standard InChI is InChI=1S/C25H22FN3O3S/c1-3-32-24(30)22(17-8-5-4-6-9-17)33-25-28-27-23(18-10-7-11-19(26)16-18)29(25)20-12-14-21(31-2)15-13-20/h4-16,22H,3H2,1-2H3. The zero-order valence-corrected chi connectivity index (χ0v) is 19.0. The molecule has 0 aliphatic carbocycles. The molecule has 0 aliphatic heterocycles. The fourth-order valence-corrected chi connectivity index (χ4v) is 4.38. The summed E-state index contributed by atoms with van der Waals surface area (Å²) in [6.45, 7) is 2.04. The first-order valence-electron chi connectivity index (χ1n) is 10.3. The zero-order chi connectivity index (χ0) is 23.2. The highest BCUT2D eigenvalue weighted by atomic mass is 32.2. The molecule has 3 aromatic carbocycles. The van der Waals surface area contributed by atoms with E-state index in [9.17, 15) is 9.18 Å². The number of benzene rings is 3. The molecular weight excluding hydrogens is 441 g/mol. The van der Waals surface area contributed by atoms with Crippen molar-refractivity contribution in [3.63, 3.8) is 0 Å². The first-order valence-corrected chi connectivity index (χ1v) is 11.2. The molecule has 0 fully saturated rings. The maximum Gasteiger partial charge on any atom is 0.324 e. The van der Waals surface area contributed by atoms with E-state index in [0.717, 1.165) is 11.3 Å². The van der Waals surface area contributed by atoms with Gasteiger partial charge in [0.05, 0.1) is 13.7 Å². The Morgan fingerprint density at radius 2 is 1.79 bits per heavy atom. The first-order chi connectivity index (χ1) is 16.1. The minimum atomic E-state index is -0.646. The quantitative estimate of drug-likeness (QED) is 0.255. The topological polar surface area (TPSA) is 66.2 Å². The zero-order valence-electron chi connectivity index (χ0n) is 18.1. The van der Waals surface area contributed by atoms with Crippen LogP contribution in [0.25, 0.3) is 17.1 Å². The second kappa shape index (κ2) is 10.3. The van der Waals surface area contributed by atoms with Crippen molar-refractivity contribution in [2.75, 3.05) is 13.7 Å². The molecule has 0 N–H and O–H groups in total. The van der Waals surface area contributed by atoms with Crippen LogP contribution in [-0.4, -0.2) is 34.5 Å². The van der Waals surface area contributed by atoms with Crippen LogP contribution in [0.2, 0.25) is 0 Å². The van der Waals surface area contributed by atoms with Gasteiger partial charge in [-0.2, -0.15) is 0 Å². The van der Waals surface area contributed by atoms with E-state index in [1.165, 1.54) is 23.9 Å². The maximum absolute atomic E-state index is 14.0. The average Bonchev–Trinajstić information content (AvgIpc) is 3.27. The third kappa shape index (κ3) is 5.06. The summed E-state index contributed by atoms with van der Waals surface area (Å²) >= 11 is 1.23. The number of hydrogen-bond donors (Lipinski definition) is 0. The van der Waals surface area contributed by atoms with Crippen LogP contribution in [0.15, 0.2) is 84.0 Å². The van der Waals surface area contributed by atoms with Crippen molar-refractivity contribution in [2.24, 2.45) is 0 Å². The number of ether oxygens (including phenoxy) is 2. The number of rotatable bonds is 8. The van der Waals surface area contributed by atoms with Gasteiger partial charge in [0.25, 0.3) is 0 Å². The van der Waals surface area contributed by atoms with Crippen molar-refractivity contribution in [3.05, 3.63) is 90.2 Å². The van der Waals surface area contributed by atoms with E-state index < -0.39 is 5.25 Å². The molecule has 1 aromatic heterocycles. The molecule has 1 heterocycles. The number of carbonyl (C=O) groups excluding carboxylic acids is 1. The van der Waals surface area contributed by atoms with Gasteiger partial charge >= 0.3 is 5.97 Å². The molecule has 168 valence electrons. The van der Waals surface area contributed by atoms with Gasteiger partial charge in [-0.1, -0.05) is 54.2 Å². The van der Waals surface area contributed by atoms with Gasteiger partial charge in [0.15, 0.2) is 11.0 Å². The number of hydrogen-bond acceptors (Lipinski definition) is 6. The van der Waals surface area contributed by atoms with E-state index in [-0.39, 0.29) is 18.4 Å². The third-order valence-electron chi connectivity index (χ3n) is 4.87. The van der Waals surface area contributed by atoms with Crippen LogP contribution < -0.4 is 4.74 Å². The fraction of sp³-hybridized carbons (Fsp3) is 0.160. The number of methoxy groups -OCH3 is 1. The van der Waals surface area contributed by atoms with Gasteiger partial charge in [-0.25, -0.2) is 4.39 Å². The summed E-state index contributed by atoms with van der Waals surface area (Å²) in [7, 11) is 1.59. The molecule has 1 atom stereocenters. The van der Waals surface area contributed by atoms with Crippen LogP contribution in [0.4, 0.5) is 4.39 Å². The molecule has 8 heteroatoms. The molecule has 0 amide bonds. The van der Waals surface area contributed by atoms with Gasteiger partial charge in [0, 0.05) is 11.3 Å². The molecule has 0 saturated heterocycles. The van der Waals surface area contributed by atoms with Gasteiger partial charge in [0.1, 0.15) is 16.8 Å². The van der Waals surface area contributed by atoms with Gasteiger partial charge in [0.2, 0.25) is 0 Å². The average molecular weight is 464 g/mol. The van der Waals surface area contributed by atoms with Crippen molar-refractivity contribution in [1.82, 2.24) is 14.8 Å². The largest absolute Gasteiger partial charge is 0.497 e. The molecule has 33 heavy (non-hydrogen) atoms. The summed E-state index contributed by atoms with van der Waals surface area (Å²) in [5, 5.41) is 8.53. The Balaban J connectivity index is 1.82. The van der Waals surface area contributed by atoms with E-state index in [4.69, 9.17) is 9.47 Å². The van der Waals surface area contributed by atoms with Gasteiger partial charge in [-0.05, 0) is 48.9 Å². The van der Waals surface area contributed by atoms with Crippen molar-refractivity contribution in [1.29, 1.82) is 0 Å². The highest BCUT2D eigenvalue weighted by molar-refractivity contribution is 8.00. The van der Waals surface area contributed by atoms with Crippen molar-refractivity contribution in [3.8, 4) is 22.8 Å². The Bertz CT molecular complexity index is 1230. The summed E-state index contributed by atoms with van der Waals surface area (Å²) in [6.07, 6.45) is 0. The lowest BCUT2D eigenvalue weighted by molar-refractivity contribution is -0.142. The van der Waals surface area contributed by atoms with Gasteiger partial charge in [-0.3, -0.25) is 9.36 Å². The van der Waals surface area contributed by atoms with E-state index >= 15 is 0 Å².